The molecule has 1 aliphatic rings. The molecule has 1 fully saturated rings. The van der Waals surface area contributed by atoms with Gasteiger partial charge in [-0.3, -0.25) is 4.79 Å². The second-order valence-corrected chi connectivity index (χ2v) is 6.42. The summed E-state index contributed by atoms with van der Waals surface area (Å²) in [4.78, 5) is 11.8. The van der Waals surface area contributed by atoms with Crippen molar-refractivity contribution in [2.75, 3.05) is 0 Å². The lowest BCUT2D eigenvalue weighted by atomic mass is 9.76. The molecule has 0 saturated heterocycles. The predicted molar refractivity (Wildman–Crippen MR) is 85.4 cm³/mol. The number of carbonyl (C=O) groups is 1. The van der Waals surface area contributed by atoms with Crippen LogP contribution in [0.5, 0.6) is 0 Å². The SMILES string of the molecule is CCCC1CCC(c2ccc(C(=O)CC)c(C)c2F)CC1. The quantitative estimate of drug-likeness (QED) is 0.626. The summed E-state index contributed by atoms with van der Waals surface area (Å²) in [6.45, 7) is 5.80. The predicted octanol–water partition coefficient (Wildman–Crippen LogP) is 5.80. The average molecular weight is 290 g/mol. The molecule has 2 heteroatoms. The third kappa shape index (κ3) is 3.53. The standard InChI is InChI=1S/C19H27FO/c1-4-6-14-7-9-15(10-8-14)17-12-11-16(18(21)5-2)13(3)19(17)20/h11-12,14-15H,4-10H2,1-3H3. The third-order valence-electron chi connectivity index (χ3n) is 5.02. The van der Waals surface area contributed by atoms with Crippen LogP contribution in [-0.4, -0.2) is 5.78 Å². The van der Waals surface area contributed by atoms with Gasteiger partial charge >= 0.3 is 0 Å². The first kappa shape index (κ1) is 16.2. The molecule has 0 unspecified atom stereocenters. The van der Waals surface area contributed by atoms with Crippen molar-refractivity contribution in [3.05, 3.63) is 34.6 Å². The van der Waals surface area contributed by atoms with Gasteiger partial charge in [-0.1, -0.05) is 38.8 Å². The Hall–Kier alpha value is -1.18. The Labute approximate surface area is 127 Å². The number of rotatable bonds is 5. The molecule has 0 amide bonds. The van der Waals surface area contributed by atoms with E-state index in [1.807, 2.05) is 19.1 Å². The number of Topliss-reactive ketones (excluding diaryl/α,β-unsaturated/α-hetero) is 1. The van der Waals surface area contributed by atoms with Gasteiger partial charge in [-0.15, -0.1) is 0 Å². The minimum absolute atomic E-state index is 0.0320. The molecule has 0 aromatic heterocycles. The summed E-state index contributed by atoms with van der Waals surface area (Å²) in [6.07, 6.45) is 7.58. The Kier molecular flexibility index (Phi) is 5.55. The Morgan fingerprint density at radius 3 is 2.43 bits per heavy atom. The van der Waals surface area contributed by atoms with E-state index in [4.69, 9.17) is 0 Å². The van der Waals surface area contributed by atoms with Crippen LogP contribution in [-0.2, 0) is 0 Å². The van der Waals surface area contributed by atoms with E-state index in [-0.39, 0.29) is 11.6 Å². The van der Waals surface area contributed by atoms with E-state index in [0.29, 0.717) is 23.5 Å². The zero-order valence-corrected chi connectivity index (χ0v) is 13.5. The summed E-state index contributed by atoms with van der Waals surface area (Å²) in [5, 5.41) is 0. The maximum Gasteiger partial charge on any atom is 0.162 e. The molecular formula is C19H27FO. The van der Waals surface area contributed by atoms with E-state index in [2.05, 4.69) is 6.92 Å². The van der Waals surface area contributed by atoms with Gasteiger partial charge in [0.25, 0.3) is 0 Å². The monoisotopic (exact) mass is 290 g/mol. The van der Waals surface area contributed by atoms with Crippen molar-refractivity contribution < 1.29 is 9.18 Å². The number of benzene rings is 1. The molecule has 2 rings (SSSR count). The molecule has 0 aliphatic heterocycles. The van der Waals surface area contributed by atoms with E-state index < -0.39 is 0 Å². The van der Waals surface area contributed by atoms with Gasteiger partial charge in [0, 0.05) is 12.0 Å². The molecule has 21 heavy (non-hydrogen) atoms. The largest absolute Gasteiger partial charge is 0.294 e. The van der Waals surface area contributed by atoms with E-state index in [1.165, 1.54) is 25.7 Å². The van der Waals surface area contributed by atoms with E-state index >= 15 is 0 Å². The Bertz CT molecular complexity index is 499. The van der Waals surface area contributed by atoms with Gasteiger partial charge in [0.2, 0.25) is 0 Å². The molecule has 0 bridgehead atoms. The van der Waals surface area contributed by atoms with Crippen LogP contribution in [0, 0.1) is 18.7 Å². The molecule has 1 aliphatic carbocycles. The molecule has 0 radical (unpaired) electrons. The Balaban J connectivity index is 2.15. The van der Waals surface area contributed by atoms with Crippen LogP contribution < -0.4 is 0 Å². The van der Waals surface area contributed by atoms with Crippen LogP contribution in [0.1, 0.15) is 86.2 Å². The molecule has 1 aromatic rings. The maximum absolute atomic E-state index is 14.6. The molecule has 0 heterocycles. The fourth-order valence-corrected chi connectivity index (χ4v) is 3.68. The van der Waals surface area contributed by atoms with Crippen molar-refractivity contribution in [2.24, 2.45) is 5.92 Å². The van der Waals surface area contributed by atoms with Crippen LogP contribution in [0.15, 0.2) is 12.1 Å². The fourth-order valence-electron chi connectivity index (χ4n) is 3.68. The van der Waals surface area contributed by atoms with Crippen molar-refractivity contribution >= 4 is 5.78 Å². The number of hydrogen-bond acceptors (Lipinski definition) is 1. The highest BCUT2D eigenvalue weighted by molar-refractivity contribution is 5.97. The second kappa shape index (κ2) is 7.20. The lowest BCUT2D eigenvalue weighted by molar-refractivity contribution is 0.0987. The summed E-state index contributed by atoms with van der Waals surface area (Å²) in [7, 11) is 0. The smallest absolute Gasteiger partial charge is 0.162 e. The van der Waals surface area contributed by atoms with Crippen molar-refractivity contribution in [3.8, 4) is 0 Å². The lowest BCUT2D eigenvalue weighted by Gasteiger charge is -2.29. The van der Waals surface area contributed by atoms with Gasteiger partial charge in [-0.2, -0.15) is 0 Å². The van der Waals surface area contributed by atoms with Crippen LogP contribution in [0.4, 0.5) is 4.39 Å². The van der Waals surface area contributed by atoms with Gasteiger partial charge in [0.15, 0.2) is 5.78 Å². The molecule has 0 spiro atoms. The summed E-state index contributed by atoms with van der Waals surface area (Å²) < 4.78 is 14.6. The molecule has 1 saturated carbocycles. The maximum atomic E-state index is 14.6. The third-order valence-corrected chi connectivity index (χ3v) is 5.02. The van der Waals surface area contributed by atoms with Crippen LogP contribution >= 0.6 is 0 Å². The van der Waals surface area contributed by atoms with E-state index in [9.17, 15) is 9.18 Å². The lowest BCUT2D eigenvalue weighted by Crippen LogP contribution is -2.15. The van der Waals surface area contributed by atoms with Gasteiger partial charge in [0.1, 0.15) is 5.82 Å². The molecular weight excluding hydrogens is 263 g/mol. The summed E-state index contributed by atoms with van der Waals surface area (Å²) in [6, 6.07) is 3.69. The Morgan fingerprint density at radius 2 is 1.86 bits per heavy atom. The highest BCUT2D eigenvalue weighted by Gasteiger charge is 2.25. The first-order chi connectivity index (χ1) is 10.1. The minimum Gasteiger partial charge on any atom is -0.294 e. The van der Waals surface area contributed by atoms with Crippen LogP contribution in [0.3, 0.4) is 0 Å². The Morgan fingerprint density at radius 1 is 1.19 bits per heavy atom. The van der Waals surface area contributed by atoms with Crippen molar-refractivity contribution in [2.45, 2.75) is 71.6 Å². The normalized spacial score (nSPS) is 22.3. The summed E-state index contributed by atoms with van der Waals surface area (Å²) in [5.74, 6) is 1.05. The number of halogens is 1. The molecule has 116 valence electrons. The zero-order valence-electron chi connectivity index (χ0n) is 13.5. The molecule has 0 N–H and O–H groups in total. The fraction of sp³-hybridized carbons (Fsp3) is 0.632. The minimum atomic E-state index is -0.145. The number of hydrogen-bond donors (Lipinski definition) is 0. The van der Waals surface area contributed by atoms with Crippen LogP contribution in [0.25, 0.3) is 0 Å². The molecule has 1 aromatic carbocycles. The van der Waals surface area contributed by atoms with Gasteiger partial charge in [-0.05, 0) is 55.6 Å². The van der Waals surface area contributed by atoms with Crippen LogP contribution in [0.2, 0.25) is 0 Å². The van der Waals surface area contributed by atoms with Gasteiger partial charge in [0.05, 0.1) is 0 Å². The first-order valence-corrected chi connectivity index (χ1v) is 8.40. The second-order valence-electron chi connectivity index (χ2n) is 6.42. The first-order valence-electron chi connectivity index (χ1n) is 8.40. The highest BCUT2D eigenvalue weighted by Crippen LogP contribution is 2.39. The number of ketones is 1. The van der Waals surface area contributed by atoms with Crippen molar-refractivity contribution in [1.29, 1.82) is 0 Å². The summed E-state index contributed by atoms with van der Waals surface area (Å²) >= 11 is 0. The van der Waals surface area contributed by atoms with E-state index in [1.54, 1.807) is 6.92 Å². The topological polar surface area (TPSA) is 17.1 Å². The van der Waals surface area contributed by atoms with Crippen molar-refractivity contribution in [1.82, 2.24) is 0 Å². The van der Waals surface area contributed by atoms with Gasteiger partial charge in [-0.25, -0.2) is 4.39 Å². The van der Waals surface area contributed by atoms with Gasteiger partial charge < -0.3 is 0 Å². The molecule has 0 atom stereocenters. The summed E-state index contributed by atoms with van der Waals surface area (Å²) in [5.41, 5.74) is 1.92. The van der Waals surface area contributed by atoms with E-state index in [0.717, 1.165) is 24.3 Å². The average Bonchev–Trinajstić information content (AvgIpc) is 2.50. The number of carbonyl (C=O) groups excluding carboxylic acids is 1. The van der Waals surface area contributed by atoms with Crippen molar-refractivity contribution in [3.63, 3.8) is 0 Å². The zero-order chi connectivity index (χ0) is 15.4. The molecule has 1 nitrogen and oxygen atoms in total. The highest BCUT2D eigenvalue weighted by atomic mass is 19.1.